The number of phenolic OH excluding ortho intramolecular Hbond substituents is 1. The minimum absolute atomic E-state index is 0.0595. The molecule has 4 nitrogen and oxygen atoms in total. The number of benzene rings is 1. The second-order valence-corrected chi connectivity index (χ2v) is 4.92. The molecule has 0 radical (unpaired) electrons. The van der Waals surface area contributed by atoms with E-state index >= 15 is 0 Å². The van der Waals surface area contributed by atoms with Crippen LogP contribution in [0.3, 0.4) is 0 Å². The van der Waals surface area contributed by atoms with E-state index in [-0.39, 0.29) is 5.75 Å². The molecular formula is C15H18ClN3O. The van der Waals surface area contributed by atoms with E-state index < -0.39 is 0 Å². The van der Waals surface area contributed by atoms with Crippen LogP contribution in [0.4, 0.5) is 5.82 Å². The number of hydrogen-bond acceptors (Lipinski definition) is 4. The number of hydrogen-bond donors (Lipinski definition) is 2. The molecule has 0 amide bonds. The van der Waals surface area contributed by atoms with Gasteiger partial charge in [-0.2, -0.15) is 0 Å². The monoisotopic (exact) mass is 291 g/mol. The second-order valence-electron chi connectivity index (χ2n) is 4.51. The molecule has 0 atom stereocenters. The van der Waals surface area contributed by atoms with Gasteiger partial charge >= 0.3 is 0 Å². The van der Waals surface area contributed by atoms with Crippen molar-refractivity contribution in [3.63, 3.8) is 0 Å². The van der Waals surface area contributed by atoms with E-state index in [1.165, 1.54) is 0 Å². The summed E-state index contributed by atoms with van der Waals surface area (Å²) in [6.45, 7) is 6.91. The average Bonchev–Trinajstić information content (AvgIpc) is 2.42. The third-order valence-corrected chi connectivity index (χ3v) is 3.42. The Morgan fingerprint density at radius 1 is 1.25 bits per heavy atom. The Morgan fingerprint density at radius 3 is 2.60 bits per heavy atom. The van der Waals surface area contributed by atoms with E-state index in [0.717, 1.165) is 35.6 Å². The van der Waals surface area contributed by atoms with Crippen molar-refractivity contribution in [1.82, 2.24) is 9.97 Å². The summed E-state index contributed by atoms with van der Waals surface area (Å²) in [7, 11) is 0. The zero-order valence-corrected chi connectivity index (χ0v) is 12.6. The van der Waals surface area contributed by atoms with Crippen LogP contribution in [0.2, 0.25) is 5.02 Å². The van der Waals surface area contributed by atoms with E-state index in [0.29, 0.717) is 10.8 Å². The fraction of sp³-hybridized carbons (Fsp3) is 0.333. The van der Waals surface area contributed by atoms with E-state index in [2.05, 4.69) is 22.2 Å². The molecule has 1 aromatic carbocycles. The van der Waals surface area contributed by atoms with Crippen LogP contribution in [0.15, 0.2) is 18.2 Å². The molecule has 1 heterocycles. The summed E-state index contributed by atoms with van der Waals surface area (Å²) < 4.78 is 0. The quantitative estimate of drug-likeness (QED) is 0.899. The molecule has 0 saturated carbocycles. The van der Waals surface area contributed by atoms with E-state index in [4.69, 9.17) is 11.6 Å². The minimum atomic E-state index is 0.0595. The van der Waals surface area contributed by atoms with Crippen molar-refractivity contribution < 1.29 is 5.11 Å². The lowest BCUT2D eigenvalue weighted by atomic mass is 10.1. The Balaban J connectivity index is 2.54. The number of anilines is 1. The topological polar surface area (TPSA) is 58.0 Å². The molecule has 2 aromatic rings. The number of nitrogens with zero attached hydrogens (tertiary/aromatic N) is 2. The third-order valence-electron chi connectivity index (χ3n) is 3.12. The standard InChI is InChI=1S/C15H18ClN3O/c1-4-11-9(3)18-14(19-15(11)17-5-2)10-6-7-13(20)12(16)8-10/h6-8,20H,4-5H2,1-3H3,(H,17,18,19). The maximum Gasteiger partial charge on any atom is 0.161 e. The molecule has 1 aromatic heterocycles. The molecule has 0 unspecified atom stereocenters. The molecule has 0 aliphatic carbocycles. The number of aromatic hydroxyl groups is 1. The molecule has 0 fully saturated rings. The van der Waals surface area contributed by atoms with Crippen LogP contribution in [0.1, 0.15) is 25.1 Å². The van der Waals surface area contributed by atoms with Crippen LogP contribution in [-0.2, 0) is 6.42 Å². The highest BCUT2D eigenvalue weighted by Crippen LogP contribution is 2.29. The van der Waals surface area contributed by atoms with Crippen molar-refractivity contribution in [3.05, 3.63) is 34.5 Å². The van der Waals surface area contributed by atoms with Gasteiger partial charge in [0.1, 0.15) is 11.6 Å². The highest BCUT2D eigenvalue weighted by atomic mass is 35.5. The summed E-state index contributed by atoms with van der Waals surface area (Å²) >= 11 is 5.94. The van der Waals surface area contributed by atoms with Gasteiger partial charge in [0.2, 0.25) is 0 Å². The van der Waals surface area contributed by atoms with Gasteiger partial charge in [0.15, 0.2) is 5.82 Å². The van der Waals surface area contributed by atoms with Crippen LogP contribution in [0, 0.1) is 6.92 Å². The summed E-state index contributed by atoms with van der Waals surface area (Å²) in [6, 6.07) is 4.99. The molecule has 20 heavy (non-hydrogen) atoms. The molecular weight excluding hydrogens is 274 g/mol. The molecule has 0 aliphatic heterocycles. The smallest absolute Gasteiger partial charge is 0.161 e. The third kappa shape index (κ3) is 2.85. The lowest BCUT2D eigenvalue weighted by Gasteiger charge is -2.13. The number of aromatic nitrogens is 2. The van der Waals surface area contributed by atoms with E-state index in [1.54, 1.807) is 18.2 Å². The average molecular weight is 292 g/mol. The second kappa shape index (κ2) is 6.09. The van der Waals surface area contributed by atoms with Crippen molar-refractivity contribution >= 4 is 17.4 Å². The molecule has 0 bridgehead atoms. The minimum Gasteiger partial charge on any atom is -0.506 e. The lowest BCUT2D eigenvalue weighted by molar-refractivity contribution is 0.475. The zero-order chi connectivity index (χ0) is 14.7. The highest BCUT2D eigenvalue weighted by Gasteiger charge is 2.12. The molecule has 0 spiro atoms. The number of aryl methyl sites for hydroxylation is 1. The predicted molar refractivity (Wildman–Crippen MR) is 82.4 cm³/mol. The van der Waals surface area contributed by atoms with E-state index in [1.807, 2.05) is 13.8 Å². The highest BCUT2D eigenvalue weighted by molar-refractivity contribution is 6.32. The first kappa shape index (κ1) is 14.6. The van der Waals surface area contributed by atoms with Gasteiger partial charge in [-0.05, 0) is 38.5 Å². The predicted octanol–water partition coefficient (Wildman–Crippen LogP) is 3.81. The van der Waals surface area contributed by atoms with Gasteiger partial charge in [0, 0.05) is 23.4 Å². The van der Waals surface area contributed by atoms with Crippen molar-refractivity contribution in [1.29, 1.82) is 0 Å². The first-order chi connectivity index (χ1) is 9.56. The molecule has 2 rings (SSSR count). The first-order valence-corrected chi connectivity index (χ1v) is 7.04. The maximum absolute atomic E-state index is 9.48. The van der Waals surface area contributed by atoms with E-state index in [9.17, 15) is 5.11 Å². The number of halogens is 1. The molecule has 106 valence electrons. The van der Waals surface area contributed by atoms with Gasteiger partial charge in [-0.25, -0.2) is 9.97 Å². The lowest BCUT2D eigenvalue weighted by Crippen LogP contribution is -2.07. The maximum atomic E-state index is 9.48. The number of nitrogens with one attached hydrogen (secondary N) is 1. The molecule has 0 aliphatic rings. The summed E-state index contributed by atoms with van der Waals surface area (Å²) in [4.78, 5) is 9.11. The van der Waals surface area contributed by atoms with Gasteiger partial charge in [-0.3, -0.25) is 0 Å². The largest absolute Gasteiger partial charge is 0.506 e. The van der Waals surface area contributed by atoms with Gasteiger partial charge in [-0.1, -0.05) is 18.5 Å². The van der Waals surface area contributed by atoms with Crippen LogP contribution >= 0.6 is 11.6 Å². The van der Waals surface area contributed by atoms with Crippen molar-refractivity contribution in [3.8, 4) is 17.1 Å². The Bertz CT molecular complexity index is 629. The Kier molecular flexibility index (Phi) is 4.45. The van der Waals surface area contributed by atoms with Crippen LogP contribution in [0.5, 0.6) is 5.75 Å². The van der Waals surface area contributed by atoms with Gasteiger partial charge in [-0.15, -0.1) is 0 Å². The summed E-state index contributed by atoms with van der Waals surface area (Å²) in [6.07, 6.45) is 0.880. The van der Waals surface area contributed by atoms with Crippen LogP contribution in [0.25, 0.3) is 11.4 Å². The SMILES string of the molecule is CCNc1nc(-c2ccc(O)c(Cl)c2)nc(C)c1CC. The summed E-state index contributed by atoms with van der Waals surface area (Å²) in [5.74, 6) is 1.53. The van der Waals surface area contributed by atoms with Crippen molar-refractivity contribution in [2.75, 3.05) is 11.9 Å². The Labute approximate surface area is 123 Å². The first-order valence-electron chi connectivity index (χ1n) is 6.67. The van der Waals surface area contributed by atoms with Crippen LogP contribution in [-0.4, -0.2) is 21.6 Å². The fourth-order valence-corrected chi connectivity index (χ4v) is 2.29. The fourth-order valence-electron chi connectivity index (χ4n) is 2.11. The van der Waals surface area contributed by atoms with Crippen LogP contribution < -0.4 is 5.32 Å². The molecule has 2 N–H and O–H groups in total. The number of phenols is 1. The van der Waals surface area contributed by atoms with Gasteiger partial charge in [0.05, 0.1) is 5.02 Å². The van der Waals surface area contributed by atoms with Crippen molar-refractivity contribution in [2.45, 2.75) is 27.2 Å². The zero-order valence-electron chi connectivity index (χ0n) is 11.9. The molecule has 0 saturated heterocycles. The summed E-state index contributed by atoms with van der Waals surface area (Å²) in [5.41, 5.74) is 2.87. The normalized spacial score (nSPS) is 10.6. The Hall–Kier alpha value is -1.81. The van der Waals surface area contributed by atoms with Crippen molar-refractivity contribution in [2.24, 2.45) is 0 Å². The van der Waals surface area contributed by atoms with Gasteiger partial charge in [0.25, 0.3) is 0 Å². The summed E-state index contributed by atoms with van der Waals surface area (Å²) in [5, 5.41) is 13.1. The Morgan fingerprint density at radius 2 is 2.00 bits per heavy atom. The van der Waals surface area contributed by atoms with Gasteiger partial charge < -0.3 is 10.4 Å². The molecule has 5 heteroatoms. The number of rotatable bonds is 4.